The van der Waals surface area contributed by atoms with Gasteiger partial charge in [-0.1, -0.05) is 60.1 Å². The van der Waals surface area contributed by atoms with Crippen LogP contribution in [-0.4, -0.2) is 18.7 Å². The van der Waals surface area contributed by atoms with Crippen molar-refractivity contribution in [3.63, 3.8) is 0 Å². The largest absolute Gasteiger partial charge is 0.483 e. The highest BCUT2D eigenvalue weighted by molar-refractivity contribution is 6.31. The maximum absolute atomic E-state index is 12.5. The minimum atomic E-state index is -0.263. The van der Waals surface area contributed by atoms with Gasteiger partial charge >= 0.3 is 0 Å². The van der Waals surface area contributed by atoms with Gasteiger partial charge in [0.1, 0.15) is 5.75 Å². The third-order valence-corrected chi connectivity index (χ3v) is 6.06. The van der Waals surface area contributed by atoms with Crippen LogP contribution in [0.1, 0.15) is 22.3 Å². The normalized spacial score (nSPS) is 11.2. The molecule has 0 fully saturated rings. The number of carbonyl (C=O) groups is 1. The number of anilines is 1. The number of ether oxygens (including phenoxy) is 1. The predicted octanol–water partition coefficient (Wildman–Crippen LogP) is 7.19. The summed E-state index contributed by atoms with van der Waals surface area (Å²) in [5.74, 6) is 0.334. The zero-order valence-electron chi connectivity index (χ0n) is 18.9. The molecule has 166 valence electrons. The van der Waals surface area contributed by atoms with E-state index in [0.717, 1.165) is 33.2 Å². The second kappa shape index (κ2) is 9.88. The molecule has 0 heterocycles. The molecule has 4 nitrogen and oxygen atoms in total. The van der Waals surface area contributed by atoms with Crippen molar-refractivity contribution in [3.8, 4) is 5.75 Å². The monoisotopic (exact) mass is 456 g/mol. The molecule has 4 aromatic rings. The molecule has 1 amide bonds. The van der Waals surface area contributed by atoms with Gasteiger partial charge in [0.15, 0.2) is 6.61 Å². The van der Waals surface area contributed by atoms with E-state index in [4.69, 9.17) is 21.3 Å². The van der Waals surface area contributed by atoms with E-state index in [1.165, 1.54) is 5.56 Å². The van der Waals surface area contributed by atoms with Crippen LogP contribution < -0.4 is 10.1 Å². The first kappa shape index (κ1) is 22.6. The standard InChI is InChI=1S/C28H25ClN2O2/c1-18-7-6-10-26(20(18)3)30-16-24-23-9-5-4-8-21(23)12-14-27(24)33-17-28(32)31-22-13-11-19(2)25(29)15-22/h4-16H,17H2,1-3H3,(H,31,32). The van der Waals surface area contributed by atoms with Crippen LogP contribution in [0.15, 0.2) is 77.8 Å². The van der Waals surface area contributed by atoms with E-state index >= 15 is 0 Å². The molecule has 0 atom stereocenters. The number of hydrogen-bond acceptors (Lipinski definition) is 3. The average Bonchev–Trinajstić information content (AvgIpc) is 2.81. The molecular formula is C28H25ClN2O2. The highest BCUT2D eigenvalue weighted by Crippen LogP contribution is 2.29. The topological polar surface area (TPSA) is 50.7 Å². The van der Waals surface area contributed by atoms with E-state index in [1.807, 2.05) is 73.8 Å². The Morgan fingerprint density at radius 3 is 2.61 bits per heavy atom. The first-order chi connectivity index (χ1) is 15.9. The molecule has 0 saturated heterocycles. The summed E-state index contributed by atoms with van der Waals surface area (Å²) in [6, 6.07) is 23.4. The summed E-state index contributed by atoms with van der Waals surface area (Å²) in [4.78, 5) is 17.2. The maximum atomic E-state index is 12.5. The smallest absolute Gasteiger partial charge is 0.262 e. The number of amides is 1. The van der Waals surface area contributed by atoms with E-state index in [0.29, 0.717) is 16.5 Å². The van der Waals surface area contributed by atoms with Crippen molar-refractivity contribution in [3.05, 3.63) is 100 Å². The van der Waals surface area contributed by atoms with Crippen molar-refractivity contribution in [2.75, 3.05) is 11.9 Å². The number of aryl methyl sites for hydroxylation is 2. The first-order valence-electron chi connectivity index (χ1n) is 10.7. The molecule has 0 spiro atoms. The molecule has 0 aliphatic rings. The molecule has 33 heavy (non-hydrogen) atoms. The van der Waals surface area contributed by atoms with Crippen molar-refractivity contribution in [2.45, 2.75) is 20.8 Å². The third kappa shape index (κ3) is 5.24. The lowest BCUT2D eigenvalue weighted by Gasteiger charge is -2.12. The number of hydrogen-bond donors (Lipinski definition) is 1. The fourth-order valence-corrected chi connectivity index (χ4v) is 3.74. The maximum Gasteiger partial charge on any atom is 0.262 e. The highest BCUT2D eigenvalue weighted by atomic mass is 35.5. The number of nitrogens with one attached hydrogen (secondary N) is 1. The Labute approximate surface area is 198 Å². The molecular weight excluding hydrogens is 432 g/mol. The number of rotatable bonds is 6. The Bertz CT molecular complexity index is 1360. The molecule has 0 aliphatic heterocycles. The van der Waals surface area contributed by atoms with Gasteiger partial charge in [0.2, 0.25) is 0 Å². The minimum Gasteiger partial charge on any atom is -0.483 e. The number of halogens is 1. The Kier molecular flexibility index (Phi) is 6.76. The first-order valence-corrected chi connectivity index (χ1v) is 11.1. The van der Waals surface area contributed by atoms with E-state index < -0.39 is 0 Å². The summed E-state index contributed by atoms with van der Waals surface area (Å²) >= 11 is 6.16. The molecule has 1 N–H and O–H groups in total. The Morgan fingerprint density at radius 1 is 0.970 bits per heavy atom. The van der Waals surface area contributed by atoms with Gasteiger partial charge in [-0.05, 0) is 72.5 Å². The lowest BCUT2D eigenvalue weighted by Crippen LogP contribution is -2.20. The molecule has 5 heteroatoms. The number of carbonyl (C=O) groups excluding carboxylic acids is 1. The van der Waals surface area contributed by atoms with Gasteiger partial charge in [-0.25, -0.2) is 0 Å². The fraction of sp³-hybridized carbons (Fsp3) is 0.143. The summed E-state index contributed by atoms with van der Waals surface area (Å²) in [6.45, 7) is 5.91. The van der Waals surface area contributed by atoms with Gasteiger partial charge in [-0.3, -0.25) is 9.79 Å². The molecule has 0 aromatic heterocycles. The van der Waals surface area contributed by atoms with Crippen molar-refractivity contribution in [2.24, 2.45) is 4.99 Å². The van der Waals surface area contributed by atoms with Crippen LogP contribution in [0.2, 0.25) is 5.02 Å². The Hall–Kier alpha value is -3.63. The summed E-state index contributed by atoms with van der Waals surface area (Å²) in [5.41, 5.74) is 5.65. The van der Waals surface area contributed by atoms with Gasteiger partial charge in [0, 0.05) is 22.5 Å². The van der Waals surface area contributed by atoms with Gasteiger partial charge in [0.05, 0.1) is 5.69 Å². The zero-order valence-corrected chi connectivity index (χ0v) is 19.6. The van der Waals surface area contributed by atoms with Gasteiger partial charge < -0.3 is 10.1 Å². The quantitative estimate of drug-likeness (QED) is 0.312. The Morgan fingerprint density at radius 2 is 1.79 bits per heavy atom. The van der Waals surface area contributed by atoms with E-state index in [-0.39, 0.29) is 12.5 Å². The van der Waals surface area contributed by atoms with Crippen LogP contribution in [0.4, 0.5) is 11.4 Å². The molecule has 0 radical (unpaired) electrons. The summed E-state index contributed by atoms with van der Waals surface area (Å²) in [6.07, 6.45) is 1.82. The fourth-order valence-electron chi connectivity index (χ4n) is 3.56. The van der Waals surface area contributed by atoms with Gasteiger partial charge in [-0.2, -0.15) is 0 Å². The number of benzene rings is 4. The van der Waals surface area contributed by atoms with E-state index in [9.17, 15) is 4.79 Å². The molecule has 0 bridgehead atoms. The van der Waals surface area contributed by atoms with Gasteiger partial charge in [-0.15, -0.1) is 0 Å². The van der Waals surface area contributed by atoms with Crippen LogP contribution in [-0.2, 0) is 4.79 Å². The summed E-state index contributed by atoms with van der Waals surface area (Å²) in [7, 11) is 0. The molecule has 4 rings (SSSR count). The lowest BCUT2D eigenvalue weighted by atomic mass is 10.0. The molecule has 0 saturated carbocycles. The minimum absolute atomic E-state index is 0.131. The van der Waals surface area contributed by atoms with E-state index in [1.54, 1.807) is 6.07 Å². The summed E-state index contributed by atoms with van der Waals surface area (Å²) < 4.78 is 5.94. The van der Waals surface area contributed by atoms with Crippen LogP contribution in [0.3, 0.4) is 0 Å². The molecule has 4 aromatic carbocycles. The van der Waals surface area contributed by atoms with Gasteiger partial charge in [0.25, 0.3) is 5.91 Å². The molecule has 0 unspecified atom stereocenters. The second-order valence-corrected chi connectivity index (χ2v) is 8.38. The van der Waals surface area contributed by atoms with Crippen molar-refractivity contribution in [1.29, 1.82) is 0 Å². The highest BCUT2D eigenvalue weighted by Gasteiger charge is 2.11. The van der Waals surface area contributed by atoms with Crippen molar-refractivity contribution < 1.29 is 9.53 Å². The number of fused-ring (bicyclic) bond motifs is 1. The van der Waals surface area contributed by atoms with Crippen molar-refractivity contribution in [1.82, 2.24) is 0 Å². The SMILES string of the molecule is Cc1ccc(NC(=O)COc2ccc3ccccc3c2C=Nc2cccc(C)c2C)cc1Cl. The third-order valence-electron chi connectivity index (χ3n) is 5.65. The number of nitrogens with zero attached hydrogens (tertiary/aromatic N) is 1. The van der Waals surface area contributed by atoms with Crippen LogP contribution in [0.25, 0.3) is 10.8 Å². The summed E-state index contributed by atoms with van der Waals surface area (Å²) in [5, 5.41) is 5.52. The lowest BCUT2D eigenvalue weighted by molar-refractivity contribution is -0.118. The van der Waals surface area contributed by atoms with Crippen molar-refractivity contribution >= 4 is 45.9 Å². The second-order valence-electron chi connectivity index (χ2n) is 7.98. The average molecular weight is 457 g/mol. The van der Waals surface area contributed by atoms with E-state index in [2.05, 4.69) is 25.2 Å². The number of aliphatic imine (C=N–C) groups is 1. The zero-order chi connectivity index (χ0) is 23.4. The predicted molar refractivity (Wildman–Crippen MR) is 137 cm³/mol. The van der Waals surface area contributed by atoms with Crippen LogP contribution in [0, 0.1) is 20.8 Å². The Balaban J connectivity index is 1.59. The van der Waals surface area contributed by atoms with Crippen LogP contribution in [0.5, 0.6) is 5.75 Å². The molecule has 0 aliphatic carbocycles. The van der Waals surface area contributed by atoms with Crippen LogP contribution >= 0.6 is 11.6 Å².